The van der Waals surface area contributed by atoms with E-state index in [4.69, 9.17) is 11.1 Å². The van der Waals surface area contributed by atoms with Crippen LogP contribution in [0.15, 0.2) is 24.3 Å². The van der Waals surface area contributed by atoms with E-state index < -0.39 is 0 Å². The van der Waals surface area contributed by atoms with Crippen LogP contribution in [0.4, 0.5) is 0 Å². The van der Waals surface area contributed by atoms with Crippen LogP contribution in [0.25, 0.3) is 0 Å². The molecule has 1 rings (SSSR count). The van der Waals surface area contributed by atoms with Gasteiger partial charge in [-0.15, -0.1) is 0 Å². The van der Waals surface area contributed by atoms with Crippen molar-refractivity contribution in [1.29, 1.82) is 5.41 Å². The molecule has 18 heavy (non-hydrogen) atoms. The summed E-state index contributed by atoms with van der Waals surface area (Å²) in [7, 11) is 0. The quantitative estimate of drug-likeness (QED) is 0.575. The second kappa shape index (κ2) is 7.17. The molecule has 0 aromatic heterocycles. The fraction of sp³-hybridized carbons (Fsp3) is 0.533. The summed E-state index contributed by atoms with van der Waals surface area (Å²) in [4.78, 5) is 2.38. The minimum Gasteiger partial charge on any atom is -0.388 e. The molecule has 3 nitrogen and oxygen atoms in total. The largest absolute Gasteiger partial charge is 0.388 e. The lowest BCUT2D eigenvalue weighted by Crippen LogP contribution is -2.31. The second-order valence-electron chi connectivity index (χ2n) is 5.33. The Morgan fingerprint density at radius 1 is 1.33 bits per heavy atom. The van der Waals surface area contributed by atoms with E-state index in [0.717, 1.165) is 19.6 Å². The Balaban J connectivity index is 2.65. The van der Waals surface area contributed by atoms with Crippen LogP contribution in [0.5, 0.6) is 0 Å². The summed E-state index contributed by atoms with van der Waals surface area (Å²) >= 11 is 0. The first-order valence-electron chi connectivity index (χ1n) is 6.58. The number of rotatable bonds is 7. The van der Waals surface area contributed by atoms with Crippen molar-refractivity contribution in [2.75, 3.05) is 13.1 Å². The van der Waals surface area contributed by atoms with Crippen molar-refractivity contribution in [3.8, 4) is 0 Å². The van der Waals surface area contributed by atoms with Crippen LogP contribution in [0.3, 0.4) is 0 Å². The molecule has 0 saturated carbocycles. The number of nitrogens with two attached hydrogens (primary N) is 1. The van der Waals surface area contributed by atoms with Crippen LogP contribution < -0.4 is 5.73 Å². The molecule has 0 bridgehead atoms. The third kappa shape index (κ3) is 5.32. The molecule has 1 aromatic rings. The molecule has 0 radical (unpaired) electrons. The van der Waals surface area contributed by atoms with Crippen molar-refractivity contribution in [1.82, 2.24) is 4.90 Å². The van der Waals surface area contributed by atoms with E-state index in [9.17, 15) is 0 Å². The van der Waals surface area contributed by atoms with Crippen LogP contribution >= 0.6 is 0 Å². The molecule has 0 atom stereocenters. The van der Waals surface area contributed by atoms with Gasteiger partial charge >= 0.3 is 0 Å². The van der Waals surface area contributed by atoms with E-state index in [0.29, 0.717) is 12.3 Å². The van der Waals surface area contributed by atoms with Gasteiger partial charge in [0.1, 0.15) is 0 Å². The number of nitrogens with zero attached hydrogens (tertiary/aromatic N) is 1. The summed E-state index contributed by atoms with van der Waals surface area (Å²) in [5, 5.41) is 7.34. The van der Waals surface area contributed by atoms with E-state index in [1.807, 2.05) is 0 Å². The highest BCUT2D eigenvalue weighted by Gasteiger charge is 2.09. The summed E-state index contributed by atoms with van der Waals surface area (Å²) in [6.07, 6.45) is 0.651. The molecule has 0 spiro atoms. The lowest BCUT2D eigenvalue weighted by atomic mass is 10.1. The van der Waals surface area contributed by atoms with Crippen molar-refractivity contribution in [2.24, 2.45) is 11.7 Å². The average Bonchev–Trinajstić information content (AvgIpc) is 2.28. The summed E-state index contributed by atoms with van der Waals surface area (Å²) < 4.78 is 0. The standard InChI is InChI=1S/C15H25N3/c1-12(2)10-18(9-8-15(16)17)11-14-7-5-4-6-13(14)3/h4-7,12H,8-11H2,1-3H3,(H3,16,17). The van der Waals surface area contributed by atoms with Crippen molar-refractivity contribution in [2.45, 2.75) is 33.7 Å². The van der Waals surface area contributed by atoms with Gasteiger partial charge in [-0.05, 0) is 24.0 Å². The van der Waals surface area contributed by atoms with Crippen molar-refractivity contribution in [3.63, 3.8) is 0 Å². The molecule has 0 aliphatic rings. The van der Waals surface area contributed by atoms with Crippen LogP contribution in [0, 0.1) is 18.3 Å². The number of amidine groups is 1. The molecule has 0 saturated heterocycles. The van der Waals surface area contributed by atoms with Crippen LogP contribution in [-0.4, -0.2) is 23.8 Å². The lowest BCUT2D eigenvalue weighted by Gasteiger charge is -2.24. The van der Waals surface area contributed by atoms with Crippen LogP contribution in [0.2, 0.25) is 0 Å². The van der Waals surface area contributed by atoms with Crippen LogP contribution in [0.1, 0.15) is 31.4 Å². The van der Waals surface area contributed by atoms with Crippen molar-refractivity contribution in [3.05, 3.63) is 35.4 Å². The van der Waals surface area contributed by atoms with Crippen molar-refractivity contribution >= 4 is 5.84 Å². The molecule has 0 amide bonds. The number of benzene rings is 1. The minimum absolute atomic E-state index is 0.272. The Hall–Kier alpha value is -1.35. The van der Waals surface area contributed by atoms with Gasteiger partial charge in [-0.2, -0.15) is 0 Å². The van der Waals surface area contributed by atoms with Gasteiger partial charge in [0.05, 0.1) is 5.84 Å². The zero-order valence-corrected chi connectivity index (χ0v) is 11.7. The predicted octanol–water partition coefficient (Wildman–Crippen LogP) is 2.78. The molecule has 0 fully saturated rings. The summed E-state index contributed by atoms with van der Waals surface area (Å²) in [5.74, 6) is 0.898. The predicted molar refractivity (Wildman–Crippen MR) is 77.8 cm³/mol. The maximum Gasteiger partial charge on any atom is 0.0918 e. The Kier molecular flexibility index (Phi) is 5.86. The third-order valence-corrected chi connectivity index (χ3v) is 2.98. The highest BCUT2D eigenvalue weighted by molar-refractivity contribution is 5.76. The van der Waals surface area contributed by atoms with E-state index in [-0.39, 0.29) is 5.84 Å². The Morgan fingerprint density at radius 3 is 2.56 bits per heavy atom. The highest BCUT2D eigenvalue weighted by Crippen LogP contribution is 2.12. The number of nitrogens with one attached hydrogen (secondary N) is 1. The van der Waals surface area contributed by atoms with E-state index >= 15 is 0 Å². The van der Waals surface area contributed by atoms with E-state index in [1.165, 1.54) is 11.1 Å². The molecular weight excluding hydrogens is 222 g/mol. The maximum absolute atomic E-state index is 7.34. The van der Waals surface area contributed by atoms with Crippen LogP contribution in [-0.2, 0) is 6.54 Å². The number of hydrogen-bond acceptors (Lipinski definition) is 2. The molecular formula is C15H25N3. The van der Waals surface area contributed by atoms with Gasteiger partial charge in [-0.3, -0.25) is 10.3 Å². The monoisotopic (exact) mass is 247 g/mol. The summed E-state index contributed by atoms with van der Waals surface area (Å²) in [6, 6.07) is 8.48. The SMILES string of the molecule is Cc1ccccc1CN(CCC(=N)N)CC(C)C. The minimum atomic E-state index is 0.272. The molecule has 1 aromatic carbocycles. The second-order valence-corrected chi connectivity index (χ2v) is 5.33. The summed E-state index contributed by atoms with van der Waals surface area (Å²) in [6.45, 7) is 9.44. The molecule has 100 valence electrons. The maximum atomic E-state index is 7.34. The number of hydrogen-bond donors (Lipinski definition) is 2. The zero-order chi connectivity index (χ0) is 13.5. The van der Waals surface area contributed by atoms with Gasteiger partial charge in [0, 0.05) is 26.1 Å². The summed E-state index contributed by atoms with van der Waals surface area (Å²) in [5.41, 5.74) is 8.14. The van der Waals surface area contributed by atoms with E-state index in [1.54, 1.807) is 0 Å². The van der Waals surface area contributed by atoms with Gasteiger partial charge in [0.25, 0.3) is 0 Å². The van der Waals surface area contributed by atoms with Gasteiger partial charge in [-0.25, -0.2) is 0 Å². The first-order chi connectivity index (χ1) is 8.49. The first-order valence-corrected chi connectivity index (χ1v) is 6.58. The molecule has 3 N–H and O–H groups in total. The van der Waals surface area contributed by atoms with Gasteiger partial charge in [0.2, 0.25) is 0 Å². The average molecular weight is 247 g/mol. The fourth-order valence-electron chi connectivity index (χ4n) is 2.06. The lowest BCUT2D eigenvalue weighted by molar-refractivity contribution is 0.242. The smallest absolute Gasteiger partial charge is 0.0918 e. The van der Waals surface area contributed by atoms with E-state index in [2.05, 4.69) is 49.9 Å². The van der Waals surface area contributed by atoms with Crippen molar-refractivity contribution < 1.29 is 0 Å². The Labute approximate surface area is 111 Å². The normalized spacial score (nSPS) is 11.2. The zero-order valence-electron chi connectivity index (χ0n) is 11.7. The molecule has 0 aliphatic heterocycles. The third-order valence-electron chi connectivity index (χ3n) is 2.98. The van der Waals surface area contributed by atoms with Gasteiger partial charge in [-0.1, -0.05) is 38.1 Å². The molecule has 0 aliphatic carbocycles. The fourth-order valence-corrected chi connectivity index (χ4v) is 2.06. The molecule has 0 heterocycles. The van der Waals surface area contributed by atoms with Gasteiger partial charge in [0.15, 0.2) is 0 Å². The topological polar surface area (TPSA) is 53.1 Å². The van der Waals surface area contributed by atoms with Gasteiger partial charge < -0.3 is 5.73 Å². The first kappa shape index (κ1) is 14.7. The Bertz CT molecular complexity index is 385. The molecule has 0 unspecified atom stereocenters. The number of aryl methyl sites for hydroxylation is 1. The molecule has 3 heteroatoms. The Morgan fingerprint density at radius 2 is 2.00 bits per heavy atom. The highest BCUT2D eigenvalue weighted by atomic mass is 15.1.